The fraction of sp³-hybridized carbons (Fsp3) is 0.158. The number of nitro benzene ring substituents is 1. The van der Waals surface area contributed by atoms with Gasteiger partial charge in [-0.2, -0.15) is 0 Å². The zero-order chi connectivity index (χ0) is 19.7. The van der Waals surface area contributed by atoms with Crippen LogP contribution in [0, 0.1) is 17.0 Å². The van der Waals surface area contributed by atoms with Gasteiger partial charge >= 0.3 is 11.7 Å². The van der Waals surface area contributed by atoms with Crippen molar-refractivity contribution >= 4 is 28.5 Å². The van der Waals surface area contributed by atoms with Gasteiger partial charge in [-0.3, -0.25) is 19.5 Å². The van der Waals surface area contributed by atoms with Crippen molar-refractivity contribution in [3.8, 4) is 5.75 Å². The molecular formula is C19H16N2O6. The standard InChI is InChI=1S/C19H16N2O6/c1-11-17(19(23)27-3)13-6-4-5-7-14(13)20(11)18(22)12-8-9-16(26-2)15(10-12)21(24)25/h4-10H,1-3H3. The first-order chi connectivity index (χ1) is 12.9. The zero-order valence-electron chi connectivity index (χ0n) is 14.9. The zero-order valence-corrected chi connectivity index (χ0v) is 14.9. The highest BCUT2D eigenvalue weighted by molar-refractivity contribution is 6.11. The summed E-state index contributed by atoms with van der Waals surface area (Å²) in [5, 5.41) is 11.8. The van der Waals surface area contributed by atoms with Crippen molar-refractivity contribution in [3.05, 3.63) is 69.4 Å². The Hall–Kier alpha value is -3.68. The Morgan fingerprint density at radius 1 is 1.11 bits per heavy atom. The lowest BCUT2D eigenvalue weighted by Crippen LogP contribution is -2.15. The first-order valence-corrected chi connectivity index (χ1v) is 7.96. The molecule has 0 aliphatic heterocycles. The van der Waals surface area contributed by atoms with E-state index < -0.39 is 16.8 Å². The lowest BCUT2D eigenvalue weighted by atomic mass is 10.1. The third-order valence-electron chi connectivity index (χ3n) is 4.33. The monoisotopic (exact) mass is 368 g/mol. The summed E-state index contributed by atoms with van der Waals surface area (Å²) in [7, 11) is 2.58. The van der Waals surface area contributed by atoms with Crippen LogP contribution in [0.3, 0.4) is 0 Å². The summed E-state index contributed by atoms with van der Waals surface area (Å²) in [6.07, 6.45) is 0. The molecule has 0 N–H and O–H groups in total. The number of ether oxygens (including phenoxy) is 2. The number of hydrogen-bond acceptors (Lipinski definition) is 6. The number of fused-ring (bicyclic) bond motifs is 1. The van der Waals surface area contributed by atoms with Gasteiger partial charge in [0.2, 0.25) is 0 Å². The molecule has 3 rings (SSSR count). The molecule has 0 aliphatic rings. The molecule has 8 heteroatoms. The lowest BCUT2D eigenvalue weighted by molar-refractivity contribution is -0.385. The van der Waals surface area contributed by atoms with Gasteiger partial charge in [-0.1, -0.05) is 18.2 Å². The van der Waals surface area contributed by atoms with Crippen LogP contribution >= 0.6 is 0 Å². The molecule has 0 saturated heterocycles. The van der Waals surface area contributed by atoms with Gasteiger partial charge < -0.3 is 9.47 Å². The molecule has 0 fully saturated rings. The minimum Gasteiger partial charge on any atom is -0.490 e. The highest BCUT2D eigenvalue weighted by Gasteiger charge is 2.25. The van der Waals surface area contributed by atoms with Gasteiger partial charge in [0.15, 0.2) is 5.75 Å². The van der Waals surface area contributed by atoms with Crippen LogP contribution in [0.4, 0.5) is 5.69 Å². The van der Waals surface area contributed by atoms with E-state index in [1.807, 2.05) is 0 Å². The quantitative estimate of drug-likeness (QED) is 0.398. The molecule has 1 aromatic heterocycles. The summed E-state index contributed by atoms with van der Waals surface area (Å²) >= 11 is 0. The molecule has 138 valence electrons. The third-order valence-corrected chi connectivity index (χ3v) is 4.33. The fourth-order valence-corrected chi connectivity index (χ4v) is 3.08. The maximum Gasteiger partial charge on any atom is 0.340 e. The van der Waals surface area contributed by atoms with Crippen LogP contribution in [0.5, 0.6) is 5.75 Å². The van der Waals surface area contributed by atoms with Gasteiger partial charge in [-0.05, 0) is 25.1 Å². The van der Waals surface area contributed by atoms with E-state index in [1.54, 1.807) is 31.2 Å². The van der Waals surface area contributed by atoms with Crippen LogP contribution in [0.15, 0.2) is 42.5 Å². The average molecular weight is 368 g/mol. The molecule has 2 aromatic carbocycles. The van der Waals surface area contributed by atoms with Gasteiger partial charge in [0, 0.05) is 22.7 Å². The second-order valence-electron chi connectivity index (χ2n) is 5.75. The summed E-state index contributed by atoms with van der Waals surface area (Å²) < 4.78 is 11.2. The molecule has 8 nitrogen and oxygen atoms in total. The van der Waals surface area contributed by atoms with E-state index in [0.717, 1.165) is 6.07 Å². The van der Waals surface area contributed by atoms with E-state index in [-0.39, 0.29) is 22.6 Å². The summed E-state index contributed by atoms with van der Waals surface area (Å²) in [5.74, 6) is -0.999. The second-order valence-corrected chi connectivity index (χ2v) is 5.75. The summed E-state index contributed by atoms with van der Waals surface area (Å²) in [6.45, 7) is 1.63. The Kier molecular flexibility index (Phi) is 4.64. The van der Waals surface area contributed by atoms with Crippen molar-refractivity contribution in [2.45, 2.75) is 6.92 Å². The van der Waals surface area contributed by atoms with Crippen molar-refractivity contribution < 1.29 is 24.0 Å². The lowest BCUT2D eigenvalue weighted by Gasteiger charge is -2.08. The molecule has 0 amide bonds. The number of methoxy groups -OCH3 is 2. The molecular weight excluding hydrogens is 352 g/mol. The molecule has 0 spiro atoms. The maximum absolute atomic E-state index is 13.1. The number of carbonyl (C=O) groups is 2. The number of benzene rings is 2. The number of rotatable bonds is 4. The normalized spacial score (nSPS) is 10.6. The van der Waals surface area contributed by atoms with Gasteiger partial charge in [-0.25, -0.2) is 4.79 Å². The van der Waals surface area contributed by atoms with E-state index >= 15 is 0 Å². The van der Waals surface area contributed by atoms with E-state index in [9.17, 15) is 19.7 Å². The van der Waals surface area contributed by atoms with E-state index in [2.05, 4.69) is 0 Å². The van der Waals surface area contributed by atoms with Gasteiger partial charge in [-0.15, -0.1) is 0 Å². The van der Waals surface area contributed by atoms with Crippen molar-refractivity contribution in [1.82, 2.24) is 4.57 Å². The Bertz CT molecular complexity index is 1080. The highest BCUT2D eigenvalue weighted by Crippen LogP contribution is 2.31. The molecule has 0 bridgehead atoms. The van der Waals surface area contributed by atoms with Crippen LogP contribution in [-0.4, -0.2) is 35.6 Å². The smallest absolute Gasteiger partial charge is 0.340 e. The first kappa shape index (κ1) is 18.1. The van der Waals surface area contributed by atoms with E-state index in [1.165, 1.54) is 30.9 Å². The van der Waals surface area contributed by atoms with E-state index in [4.69, 9.17) is 9.47 Å². The predicted molar refractivity (Wildman–Crippen MR) is 97.4 cm³/mol. The molecule has 0 radical (unpaired) electrons. The number of esters is 1. The van der Waals surface area contributed by atoms with E-state index in [0.29, 0.717) is 16.6 Å². The minimum atomic E-state index is -0.615. The Balaban J connectivity index is 2.23. The summed E-state index contributed by atoms with van der Waals surface area (Å²) in [4.78, 5) is 36.0. The maximum atomic E-state index is 13.1. The minimum absolute atomic E-state index is 0.0564. The first-order valence-electron chi connectivity index (χ1n) is 7.96. The van der Waals surface area contributed by atoms with Gasteiger partial charge in [0.25, 0.3) is 5.91 Å². The van der Waals surface area contributed by atoms with Crippen molar-refractivity contribution in [2.24, 2.45) is 0 Å². The van der Waals surface area contributed by atoms with Crippen molar-refractivity contribution in [1.29, 1.82) is 0 Å². The third kappa shape index (κ3) is 2.91. The molecule has 0 saturated carbocycles. The average Bonchev–Trinajstić information content (AvgIpc) is 2.98. The number of hydrogen-bond donors (Lipinski definition) is 0. The molecule has 0 unspecified atom stereocenters. The number of nitrogens with zero attached hydrogens (tertiary/aromatic N) is 2. The fourth-order valence-electron chi connectivity index (χ4n) is 3.08. The Morgan fingerprint density at radius 2 is 1.81 bits per heavy atom. The number of aromatic nitrogens is 1. The Labute approximate surface area is 154 Å². The molecule has 0 aliphatic carbocycles. The highest BCUT2D eigenvalue weighted by atomic mass is 16.6. The van der Waals surface area contributed by atoms with Crippen LogP contribution in [0.2, 0.25) is 0 Å². The topological polar surface area (TPSA) is 101 Å². The van der Waals surface area contributed by atoms with Crippen LogP contribution in [0.1, 0.15) is 26.4 Å². The van der Waals surface area contributed by atoms with Crippen LogP contribution < -0.4 is 4.74 Å². The van der Waals surface area contributed by atoms with Crippen molar-refractivity contribution in [2.75, 3.05) is 14.2 Å². The number of para-hydroxylation sites is 1. The molecule has 1 heterocycles. The van der Waals surface area contributed by atoms with Gasteiger partial charge in [0.05, 0.1) is 30.2 Å². The molecule has 0 atom stereocenters. The number of nitro groups is 1. The number of carbonyl (C=O) groups excluding carboxylic acids is 2. The van der Waals surface area contributed by atoms with Crippen LogP contribution in [0.25, 0.3) is 10.9 Å². The Morgan fingerprint density at radius 3 is 2.44 bits per heavy atom. The SMILES string of the molecule is COC(=O)c1c(C)n(C(=O)c2ccc(OC)c([N+](=O)[O-])c2)c2ccccc12. The van der Waals surface area contributed by atoms with Crippen LogP contribution in [-0.2, 0) is 4.74 Å². The van der Waals surface area contributed by atoms with Gasteiger partial charge in [0.1, 0.15) is 0 Å². The predicted octanol–water partition coefficient (Wildman–Crippen LogP) is 3.34. The largest absolute Gasteiger partial charge is 0.490 e. The van der Waals surface area contributed by atoms with Crippen molar-refractivity contribution in [3.63, 3.8) is 0 Å². The summed E-state index contributed by atoms with van der Waals surface area (Å²) in [5.41, 5.74) is 0.975. The summed E-state index contributed by atoms with van der Waals surface area (Å²) in [6, 6.07) is 10.9. The molecule has 3 aromatic rings. The second kappa shape index (κ2) is 6.91. The molecule has 27 heavy (non-hydrogen) atoms.